The highest BCUT2D eigenvalue weighted by molar-refractivity contribution is 7.31. The van der Waals surface area contributed by atoms with Crippen LogP contribution in [0.2, 0.25) is 12.1 Å². The Labute approximate surface area is 90.9 Å². The summed E-state index contributed by atoms with van der Waals surface area (Å²) in [5, 5.41) is 0. The molecule has 86 valence electrons. The van der Waals surface area contributed by atoms with Crippen molar-refractivity contribution in [2.45, 2.75) is 37.3 Å². The summed E-state index contributed by atoms with van der Waals surface area (Å²) in [6.07, 6.45) is -10.5. The second-order valence-corrected chi connectivity index (χ2v) is 10.5. The van der Waals surface area contributed by atoms with Crippen molar-refractivity contribution in [1.29, 1.82) is 0 Å². The monoisotopic (exact) mass is 278 g/mol. The van der Waals surface area contributed by atoms with E-state index in [0.29, 0.717) is 0 Å². The minimum Gasteiger partial charge on any atom is -0.171 e. The molecule has 0 N–H and O–H groups in total. The SMILES string of the molecule is FC(F)(F)CC[Si](CCC(F)(F)F)[Si][Si]. The lowest BCUT2D eigenvalue weighted by atomic mass is 10.5. The van der Waals surface area contributed by atoms with Crippen molar-refractivity contribution in [1.82, 2.24) is 0 Å². The molecular formula is C6H8F6Si3. The van der Waals surface area contributed by atoms with Crippen LogP contribution in [0.5, 0.6) is 0 Å². The topological polar surface area (TPSA) is 0 Å². The highest BCUT2D eigenvalue weighted by Gasteiger charge is 2.31. The fourth-order valence-electron chi connectivity index (χ4n) is 0.835. The van der Waals surface area contributed by atoms with Gasteiger partial charge < -0.3 is 0 Å². The standard InChI is InChI=1S/C6H8F6Si3/c7-5(8,9)1-3-15(14-13)4-2-6(10,11)12/h1-4H2. The molecule has 0 bridgehead atoms. The van der Waals surface area contributed by atoms with Crippen molar-refractivity contribution >= 4 is 26.6 Å². The molecule has 9 heteroatoms. The van der Waals surface area contributed by atoms with Gasteiger partial charge in [0.1, 0.15) is 0 Å². The van der Waals surface area contributed by atoms with Crippen LogP contribution < -0.4 is 0 Å². The zero-order chi connectivity index (χ0) is 12.1. The first-order valence-corrected chi connectivity index (χ1v) is 9.46. The summed E-state index contributed by atoms with van der Waals surface area (Å²) in [5.41, 5.74) is 0. The molecule has 0 nitrogen and oxygen atoms in total. The lowest BCUT2D eigenvalue weighted by Gasteiger charge is -2.14. The molecule has 0 aromatic carbocycles. The van der Waals surface area contributed by atoms with Crippen LogP contribution in [0, 0.1) is 0 Å². The van der Waals surface area contributed by atoms with E-state index in [-0.39, 0.29) is 20.6 Å². The van der Waals surface area contributed by atoms with Gasteiger partial charge >= 0.3 is 12.4 Å². The van der Waals surface area contributed by atoms with Crippen LogP contribution >= 0.6 is 0 Å². The maximum atomic E-state index is 11.8. The molecule has 0 amide bonds. The van der Waals surface area contributed by atoms with Gasteiger partial charge in [0, 0.05) is 39.5 Å². The van der Waals surface area contributed by atoms with Crippen LogP contribution in [0.1, 0.15) is 12.8 Å². The lowest BCUT2D eigenvalue weighted by Crippen LogP contribution is -2.27. The van der Waals surface area contributed by atoms with Crippen LogP contribution in [0.25, 0.3) is 0 Å². The smallest absolute Gasteiger partial charge is 0.171 e. The average Bonchev–Trinajstić information content (AvgIpc) is 2.00. The second kappa shape index (κ2) is 6.09. The third kappa shape index (κ3) is 10.5. The van der Waals surface area contributed by atoms with Gasteiger partial charge in [0.25, 0.3) is 0 Å². The van der Waals surface area contributed by atoms with E-state index < -0.39 is 33.5 Å². The van der Waals surface area contributed by atoms with Gasteiger partial charge in [0.15, 0.2) is 0 Å². The zero-order valence-electron chi connectivity index (χ0n) is 7.60. The zero-order valence-corrected chi connectivity index (χ0v) is 10.6. The Kier molecular flexibility index (Phi) is 6.18. The number of hydrogen-bond acceptors (Lipinski definition) is 0. The van der Waals surface area contributed by atoms with Gasteiger partial charge in [-0.15, -0.1) is 0 Å². The van der Waals surface area contributed by atoms with Gasteiger partial charge in [-0.25, -0.2) is 0 Å². The maximum absolute atomic E-state index is 11.8. The van der Waals surface area contributed by atoms with E-state index in [4.69, 9.17) is 0 Å². The maximum Gasteiger partial charge on any atom is 0.388 e. The molecule has 0 fully saturated rings. The molecule has 0 heterocycles. The molecule has 15 heavy (non-hydrogen) atoms. The van der Waals surface area contributed by atoms with Gasteiger partial charge in [-0.1, -0.05) is 12.1 Å². The summed E-state index contributed by atoms with van der Waals surface area (Å²) in [7, 11) is 1.52. The first kappa shape index (κ1) is 15.2. The van der Waals surface area contributed by atoms with Crippen molar-refractivity contribution in [3.8, 4) is 0 Å². The Morgan fingerprint density at radius 2 is 1.20 bits per heavy atom. The van der Waals surface area contributed by atoms with Crippen LogP contribution in [-0.4, -0.2) is 39.0 Å². The number of halogens is 6. The van der Waals surface area contributed by atoms with Gasteiger partial charge in [0.05, 0.1) is 0 Å². The summed E-state index contributed by atoms with van der Waals surface area (Å²) in [6.45, 7) is 0. The van der Waals surface area contributed by atoms with Crippen molar-refractivity contribution in [2.24, 2.45) is 0 Å². The van der Waals surface area contributed by atoms with Crippen LogP contribution in [0.3, 0.4) is 0 Å². The van der Waals surface area contributed by atoms with Gasteiger partial charge in [-0.2, -0.15) is 26.3 Å². The van der Waals surface area contributed by atoms with Crippen LogP contribution in [-0.2, 0) is 0 Å². The third-order valence-electron chi connectivity index (χ3n) is 1.60. The molecule has 0 atom stereocenters. The fourth-order valence-corrected chi connectivity index (χ4v) is 6.26. The Morgan fingerprint density at radius 1 is 0.867 bits per heavy atom. The Balaban J connectivity index is 3.84. The van der Waals surface area contributed by atoms with E-state index >= 15 is 0 Å². The first-order valence-electron chi connectivity index (χ1n) is 4.05. The molecule has 6 radical (unpaired) electrons. The molecule has 0 rings (SSSR count). The lowest BCUT2D eigenvalue weighted by molar-refractivity contribution is -0.131. The third-order valence-corrected chi connectivity index (χ3v) is 9.40. The van der Waals surface area contributed by atoms with E-state index in [0.717, 1.165) is 0 Å². The summed E-state index contributed by atoms with van der Waals surface area (Å²) in [6, 6.07) is -0.293. The first-order chi connectivity index (χ1) is 6.64. The predicted molar refractivity (Wildman–Crippen MR) is 48.2 cm³/mol. The summed E-state index contributed by atoms with van der Waals surface area (Å²) >= 11 is 0. The van der Waals surface area contributed by atoms with Crippen molar-refractivity contribution in [3.63, 3.8) is 0 Å². The van der Waals surface area contributed by atoms with Gasteiger partial charge in [-0.05, 0) is 0 Å². The largest absolute Gasteiger partial charge is 0.388 e. The number of hydrogen-bond donors (Lipinski definition) is 0. The predicted octanol–water partition coefficient (Wildman–Crippen LogP) is 2.67. The molecule has 0 aliphatic rings. The number of alkyl halides is 6. The van der Waals surface area contributed by atoms with Crippen molar-refractivity contribution < 1.29 is 26.3 Å². The molecule has 0 saturated heterocycles. The minimum atomic E-state index is -4.26. The summed E-state index contributed by atoms with van der Waals surface area (Å²) < 4.78 is 70.8. The van der Waals surface area contributed by atoms with Crippen molar-refractivity contribution in [3.05, 3.63) is 0 Å². The Bertz CT molecular complexity index is 159. The van der Waals surface area contributed by atoms with E-state index in [1.807, 2.05) is 0 Å². The van der Waals surface area contributed by atoms with E-state index in [1.54, 1.807) is 0 Å². The summed E-state index contributed by atoms with van der Waals surface area (Å²) in [5.74, 6) is 0. The van der Waals surface area contributed by atoms with Crippen molar-refractivity contribution in [2.75, 3.05) is 0 Å². The molecule has 0 aromatic heterocycles. The highest BCUT2D eigenvalue weighted by atomic mass is 29.5. The molecule has 0 aliphatic heterocycles. The van der Waals surface area contributed by atoms with E-state index in [1.165, 1.54) is 0 Å². The quantitative estimate of drug-likeness (QED) is 0.536. The molecule has 0 unspecified atom stereocenters. The normalized spacial score (nSPS) is 13.6. The molecule has 0 aromatic rings. The molecule has 0 spiro atoms. The molecule has 0 saturated carbocycles. The van der Waals surface area contributed by atoms with Gasteiger partial charge in [0.2, 0.25) is 0 Å². The summed E-state index contributed by atoms with van der Waals surface area (Å²) in [4.78, 5) is 0. The minimum absolute atomic E-state index is 0.0281. The van der Waals surface area contributed by atoms with E-state index in [9.17, 15) is 26.3 Å². The average molecular weight is 278 g/mol. The number of rotatable bonds is 5. The Hall–Kier alpha value is 0.231. The Morgan fingerprint density at radius 3 is 1.40 bits per heavy atom. The molecular weight excluding hydrogens is 270 g/mol. The fraction of sp³-hybridized carbons (Fsp3) is 1.00. The van der Waals surface area contributed by atoms with Crippen LogP contribution in [0.4, 0.5) is 26.3 Å². The van der Waals surface area contributed by atoms with Crippen LogP contribution in [0.15, 0.2) is 0 Å². The second-order valence-electron chi connectivity index (χ2n) is 2.96. The highest BCUT2D eigenvalue weighted by Crippen LogP contribution is 2.26. The molecule has 0 aliphatic carbocycles. The van der Waals surface area contributed by atoms with E-state index in [2.05, 4.69) is 9.76 Å². The van der Waals surface area contributed by atoms with Gasteiger partial charge in [-0.3, -0.25) is 0 Å².